The van der Waals surface area contributed by atoms with Crippen LogP contribution in [0, 0.1) is 47.0 Å². The summed E-state index contributed by atoms with van der Waals surface area (Å²) >= 11 is 1.52. The molecule has 3 rings (SSSR count). The van der Waals surface area contributed by atoms with E-state index in [9.17, 15) is 4.79 Å². The molecule has 0 aliphatic rings. The Morgan fingerprint density at radius 2 is 1.67 bits per heavy atom. The van der Waals surface area contributed by atoms with Gasteiger partial charge in [-0.25, -0.2) is 0 Å². The van der Waals surface area contributed by atoms with Crippen LogP contribution in [0.25, 0.3) is 10.2 Å². The normalized spacial score (nSPS) is 11.8. The molecular weight excluding hydrogens is 352 g/mol. The molecule has 4 heteroatoms. The predicted molar refractivity (Wildman–Crippen MR) is 113 cm³/mol. The minimum Gasteiger partial charge on any atom is -0.305 e. The molecular formula is C23H24N2OS. The molecule has 0 N–H and O–H groups in total. The Hall–Kier alpha value is -2.64. The van der Waals surface area contributed by atoms with Gasteiger partial charge in [-0.1, -0.05) is 35.0 Å². The van der Waals surface area contributed by atoms with E-state index < -0.39 is 0 Å². The molecule has 0 unspecified atom stereocenters. The van der Waals surface area contributed by atoms with E-state index in [0.717, 1.165) is 26.9 Å². The molecule has 0 aliphatic heterocycles. The topological polar surface area (TPSA) is 34.4 Å². The molecule has 138 valence electrons. The lowest BCUT2D eigenvalue weighted by atomic mass is 9.97. The van der Waals surface area contributed by atoms with E-state index >= 15 is 0 Å². The average molecular weight is 377 g/mol. The molecule has 0 saturated carbocycles. The number of carbonyl (C=O) groups is 1. The predicted octanol–water partition coefficient (Wildman–Crippen LogP) is 4.55. The number of thiazole rings is 1. The Kier molecular flexibility index (Phi) is 5.34. The fraction of sp³-hybridized carbons (Fsp3) is 0.304. The molecule has 2 aromatic carbocycles. The monoisotopic (exact) mass is 376 g/mol. The summed E-state index contributed by atoms with van der Waals surface area (Å²) in [6, 6.07) is 8.48. The van der Waals surface area contributed by atoms with Crippen molar-refractivity contribution in [2.45, 2.75) is 47.6 Å². The summed E-state index contributed by atoms with van der Waals surface area (Å²) < 4.78 is 3.06. The van der Waals surface area contributed by atoms with E-state index in [2.05, 4.69) is 55.9 Å². The van der Waals surface area contributed by atoms with Crippen molar-refractivity contribution in [2.24, 2.45) is 4.99 Å². The van der Waals surface area contributed by atoms with Crippen molar-refractivity contribution in [1.29, 1.82) is 0 Å². The summed E-state index contributed by atoms with van der Waals surface area (Å²) in [5, 5.41) is 0. The van der Waals surface area contributed by atoms with Crippen molar-refractivity contribution < 1.29 is 4.79 Å². The highest BCUT2D eigenvalue weighted by Crippen LogP contribution is 2.22. The van der Waals surface area contributed by atoms with Crippen molar-refractivity contribution in [1.82, 2.24) is 4.57 Å². The molecule has 0 aliphatic carbocycles. The summed E-state index contributed by atoms with van der Waals surface area (Å²) in [5.74, 6) is 2.54. The number of hydrogen-bond donors (Lipinski definition) is 0. The first-order chi connectivity index (χ1) is 12.8. The molecule has 27 heavy (non-hydrogen) atoms. The lowest BCUT2D eigenvalue weighted by molar-refractivity contribution is -0.117. The zero-order chi connectivity index (χ0) is 19.7. The molecule has 0 bridgehead atoms. The minimum absolute atomic E-state index is 0.143. The molecule has 0 saturated heterocycles. The lowest BCUT2D eigenvalue weighted by Gasteiger charge is -2.09. The SMILES string of the molecule is C#CCn1c(=NC(=O)Cc2c(C)cc(C)cc2C)sc2cc(C)c(C)cc21. The smallest absolute Gasteiger partial charge is 0.252 e. The van der Waals surface area contributed by atoms with Gasteiger partial charge < -0.3 is 4.57 Å². The second-order valence-electron chi connectivity index (χ2n) is 7.14. The third-order valence-electron chi connectivity index (χ3n) is 4.94. The van der Waals surface area contributed by atoms with E-state index in [1.165, 1.54) is 28.0 Å². The number of terminal acetylenes is 1. The van der Waals surface area contributed by atoms with Crippen molar-refractivity contribution in [3.63, 3.8) is 0 Å². The second kappa shape index (κ2) is 7.54. The van der Waals surface area contributed by atoms with Crippen LogP contribution in [-0.2, 0) is 17.8 Å². The van der Waals surface area contributed by atoms with Gasteiger partial charge in [0.25, 0.3) is 5.91 Å². The van der Waals surface area contributed by atoms with Crippen molar-refractivity contribution in [3.05, 3.63) is 62.4 Å². The number of aryl methyl sites for hydroxylation is 5. The van der Waals surface area contributed by atoms with Gasteiger partial charge in [0.1, 0.15) is 0 Å². The van der Waals surface area contributed by atoms with E-state index in [1.54, 1.807) is 0 Å². The van der Waals surface area contributed by atoms with Crippen LogP contribution in [0.5, 0.6) is 0 Å². The molecule has 1 heterocycles. The van der Waals surface area contributed by atoms with Gasteiger partial charge in [0.2, 0.25) is 0 Å². The molecule has 1 amide bonds. The fourth-order valence-corrected chi connectivity index (χ4v) is 4.56. The quantitative estimate of drug-likeness (QED) is 0.618. The molecule has 0 fully saturated rings. The van der Waals surface area contributed by atoms with Gasteiger partial charge in [-0.2, -0.15) is 4.99 Å². The van der Waals surface area contributed by atoms with Crippen molar-refractivity contribution >= 4 is 27.5 Å². The zero-order valence-electron chi connectivity index (χ0n) is 16.5. The van der Waals surface area contributed by atoms with Gasteiger partial charge >= 0.3 is 0 Å². The highest BCUT2D eigenvalue weighted by molar-refractivity contribution is 7.16. The molecule has 3 nitrogen and oxygen atoms in total. The van der Waals surface area contributed by atoms with E-state index in [1.807, 2.05) is 18.4 Å². The van der Waals surface area contributed by atoms with Crippen LogP contribution < -0.4 is 4.80 Å². The Bertz CT molecular complexity index is 1130. The first kappa shape index (κ1) is 19.1. The van der Waals surface area contributed by atoms with Gasteiger partial charge in [-0.15, -0.1) is 6.42 Å². The molecule has 0 radical (unpaired) electrons. The van der Waals surface area contributed by atoms with Crippen LogP contribution in [0.3, 0.4) is 0 Å². The average Bonchev–Trinajstić information content (AvgIpc) is 2.88. The van der Waals surface area contributed by atoms with Gasteiger partial charge in [0.15, 0.2) is 4.80 Å². The Labute approximate surface area is 164 Å². The Balaban J connectivity index is 2.06. The number of benzene rings is 2. The van der Waals surface area contributed by atoms with Crippen LogP contribution in [-0.4, -0.2) is 10.5 Å². The number of hydrogen-bond acceptors (Lipinski definition) is 2. The number of nitrogens with zero attached hydrogens (tertiary/aromatic N) is 2. The summed E-state index contributed by atoms with van der Waals surface area (Å²) in [6.45, 7) is 10.7. The summed E-state index contributed by atoms with van der Waals surface area (Å²) in [5.41, 5.74) is 8.00. The van der Waals surface area contributed by atoms with Crippen LogP contribution in [0.4, 0.5) is 0 Å². The number of fused-ring (bicyclic) bond motifs is 1. The number of rotatable bonds is 3. The highest BCUT2D eigenvalue weighted by Gasteiger charge is 2.12. The second-order valence-corrected chi connectivity index (χ2v) is 8.15. The Morgan fingerprint density at radius 3 is 2.30 bits per heavy atom. The summed E-state index contributed by atoms with van der Waals surface area (Å²) in [6.07, 6.45) is 5.87. The summed E-state index contributed by atoms with van der Waals surface area (Å²) in [7, 11) is 0. The van der Waals surface area contributed by atoms with Crippen LogP contribution in [0.15, 0.2) is 29.3 Å². The van der Waals surface area contributed by atoms with Gasteiger partial charge in [-0.3, -0.25) is 4.79 Å². The van der Waals surface area contributed by atoms with Crippen LogP contribution >= 0.6 is 11.3 Å². The maximum absolute atomic E-state index is 12.7. The standard InChI is InChI=1S/C23H24N2OS/c1-7-8-25-20-11-15(3)16(4)12-21(20)27-23(25)24-22(26)13-19-17(5)9-14(2)10-18(19)6/h1,9-12H,8,13H2,2-6H3. The first-order valence-electron chi connectivity index (χ1n) is 8.98. The van der Waals surface area contributed by atoms with Gasteiger partial charge in [0, 0.05) is 0 Å². The number of amides is 1. The van der Waals surface area contributed by atoms with E-state index in [0.29, 0.717) is 17.8 Å². The third-order valence-corrected chi connectivity index (χ3v) is 5.98. The Morgan fingerprint density at radius 1 is 1.04 bits per heavy atom. The molecule has 0 atom stereocenters. The maximum atomic E-state index is 12.7. The number of carbonyl (C=O) groups excluding carboxylic acids is 1. The third kappa shape index (κ3) is 3.89. The molecule has 1 aromatic heterocycles. The summed E-state index contributed by atoms with van der Waals surface area (Å²) in [4.78, 5) is 17.8. The van der Waals surface area contributed by atoms with Gasteiger partial charge in [0.05, 0.1) is 23.2 Å². The highest BCUT2D eigenvalue weighted by atomic mass is 32.1. The minimum atomic E-state index is -0.143. The number of aromatic nitrogens is 1. The maximum Gasteiger partial charge on any atom is 0.252 e. The van der Waals surface area contributed by atoms with Crippen LogP contribution in [0.2, 0.25) is 0 Å². The first-order valence-corrected chi connectivity index (χ1v) is 9.80. The van der Waals surface area contributed by atoms with E-state index in [4.69, 9.17) is 6.42 Å². The van der Waals surface area contributed by atoms with Gasteiger partial charge in [-0.05, 0) is 74.6 Å². The largest absolute Gasteiger partial charge is 0.305 e. The van der Waals surface area contributed by atoms with E-state index in [-0.39, 0.29) is 5.91 Å². The lowest BCUT2D eigenvalue weighted by Crippen LogP contribution is -2.17. The zero-order valence-corrected chi connectivity index (χ0v) is 17.3. The van der Waals surface area contributed by atoms with Crippen LogP contribution in [0.1, 0.15) is 33.4 Å². The molecule has 3 aromatic rings. The van der Waals surface area contributed by atoms with Crippen molar-refractivity contribution in [2.75, 3.05) is 0 Å². The fourth-order valence-electron chi connectivity index (χ4n) is 3.44. The van der Waals surface area contributed by atoms with Crippen molar-refractivity contribution in [3.8, 4) is 12.3 Å². The molecule has 0 spiro atoms.